The Morgan fingerprint density at radius 1 is 1.24 bits per heavy atom. The van der Waals surface area contributed by atoms with Crippen LogP contribution in [-0.2, 0) is 11.2 Å². The first-order valence-electron chi connectivity index (χ1n) is 5.39. The summed E-state index contributed by atoms with van der Waals surface area (Å²) in [7, 11) is 0. The van der Waals surface area contributed by atoms with Gasteiger partial charge in [0.15, 0.2) is 0 Å². The lowest BCUT2D eigenvalue weighted by Gasteiger charge is -2.10. The van der Waals surface area contributed by atoms with E-state index in [-0.39, 0.29) is 5.92 Å². The molecule has 0 saturated carbocycles. The van der Waals surface area contributed by atoms with Gasteiger partial charge in [0.2, 0.25) is 0 Å². The smallest absolute Gasteiger partial charge is 0.127 e. The van der Waals surface area contributed by atoms with E-state index in [0.29, 0.717) is 11.4 Å². The average Bonchev–Trinajstić information content (AvgIpc) is 2.37. The van der Waals surface area contributed by atoms with Crippen molar-refractivity contribution in [2.24, 2.45) is 0 Å². The second kappa shape index (κ2) is 5.60. The van der Waals surface area contributed by atoms with Gasteiger partial charge in [0.25, 0.3) is 0 Å². The minimum atomic E-state index is -0.156. The Morgan fingerprint density at radius 2 is 2.00 bits per heavy atom. The van der Waals surface area contributed by atoms with Gasteiger partial charge in [0, 0.05) is 23.3 Å². The minimum absolute atomic E-state index is 0.156. The Hall–Kier alpha value is -1.67. The van der Waals surface area contributed by atoms with Crippen molar-refractivity contribution in [2.75, 3.05) is 0 Å². The largest absolute Gasteiger partial charge is 0.303 e. The molecular weight excluding hydrogens is 234 g/mol. The SMILES string of the molecule is O=CC(Cc1ccncc1)c1cccc(Cl)c1. The van der Waals surface area contributed by atoms with Crippen LogP contribution in [0.4, 0.5) is 0 Å². The Balaban J connectivity index is 2.20. The van der Waals surface area contributed by atoms with Crippen molar-refractivity contribution in [1.29, 1.82) is 0 Å². The van der Waals surface area contributed by atoms with Crippen molar-refractivity contribution in [2.45, 2.75) is 12.3 Å². The van der Waals surface area contributed by atoms with Crippen LogP contribution in [0.5, 0.6) is 0 Å². The van der Waals surface area contributed by atoms with Gasteiger partial charge in [-0.3, -0.25) is 4.98 Å². The molecular formula is C14H12ClNO. The number of halogens is 1. The number of rotatable bonds is 4. The van der Waals surface area contributed by atoms with Crippen molar-refractivity contribution >= 4 is 17.9 Å². The summed E-state index contributed by atoms with van der Waals surface area (Å²) >= 11 is 5.92. The second-order valence-corrected chi connectivity index (χ2v) is 4.29. The summed E-state index contributed by atoms with van der Waals surface area (Å²) < 4.78 is 0. The molecule has 86 valence electrons. The first-order valence-corrected chi connectivity index (χ1v) is 5.77. The first-order chi connectivity index (χ1) is 8.29. The number of aldehydes is 1. The quantitative estimate of drug-likeness (QED) is 0.774. The van der Waals surface area contributed by atoms with E-state index in [1.807, 2.05) is 30.3 Å². The number of hydrogen-bond acceptors (Lipinski definition) is 2. The molecule has 0 aliphatic carbocycles. The van der Waals surface area contributed by atoms with Gasteiger partial charge in [-0.1, -0.05) is 23.7 Å². The van der Waals surface area contributed by atoms with Gasteiger partial charge in [-0.25, -0.2) is 0 Å². The van der Waals surface area contributed by atoms with Gasteiger partial charge in [-0.05, 0) is 41.8 Å². The van der Waals surface area contributed by atoms with Crippen molar-refractivity contribution < 1.29 is 4.79 Å². The molecule has 2 rings (SSSR count). The van der Waals surface area contributed by atoms with E-state index in [1.165, 1.54) is 0 Å². The maximum atomic E-state index is 11.2. The molecule has 2 nitrogen and oxygen atoms in total. The zero-order chi connectivity index (χ0) is 12.1. The highest BCUT2D eigenvalue weighted by Crippen LogP contribution is 2.21. The highest BCUT2D eigenvalue weighted by atomic mass is 35.5. The zero-order valence-corrected chi connectivity index (χ0v) is 9.97. The lowest BCUT2D eigenvalue weighted by Crippen LogP contribution is -2.04. The molecule has 0 aliphatic heterocycles. The molecule has 17 heavy (non-hydrogen) atoms. The molecule has 1 aromatic heterocycles. The molecule has 3 heteroatoms. The summed E-state index contributed by atoms with van der Waals surface area (Å²) in [5.74, 6) is -0.156. The van der Waals surface area contributed by atoms with E-state index in [4.69, 9.17) is 11.6 Å². The molecule has 0 saturated heterocycles. The number of hydrogen-bond donors (Lipinski definition) is 0. The number of pyridine rings is 1. The summed E-state index contributed by atoms with van der Waals surface area (Å²) in [5.41, 5.74) is 2.04. The number of carbonyl (C=O) groups excluding carboxylic acids is 1. The normalized spacial score (nSPS) is 12.1. The molecule has 1 heterocycles. The summed E-state index contributed by atoms with van der Waals surface area (Å²) in [6.07, 6.45) is 5.10. The van der Waals surface area contributed by atoms with Crippen LogP contribution >= 0.6 is 11.6 Å². The van der Waals surface area contributed by atoms with Crippen LogP contribution < -0.4 is 0 Å². The molecule has 1 atom stereocenters. The Morgan fingerprint density at radius 3 is 2.65 bits per heavy atom. The predicted octanol–water partition coefficient (Wildman–Crippen LogP) is 3.26. The summed E-state index contributed by atoms with van der Waals surface area (Å²) in [6.45, 7) is 0. The van der Waals surface area contributed by atoms with Crippen LogP contribution in [0.2, 0.25) is 5.02 Å². The molecule has 2 aromatic rings. The van der Waals surface area contributed by atoms with E-state index in [0.717, 1.165) is 17.4 Å². The molecule has 1 aromatic carbocycles. The van der Waals surface area contributed by atoms with E-state index in [1.54, 1.807) is 18.5 Å². The summed E-state index contributed by atoms with van der Waals surface area (Å²) in [5, 5.41) is 0.657. The van der Waals surface area contributed by atoms with Crippen molar-refractivity contribution in [3.05, 3.63) is 64.9 Å². The molecule has 0 N–H and O–H groups in total. The van der Waals surface area contributed by atoms with Gasteiger partial charge < -0.3 is 4.79 Å². The van der Waals surface area contributed by atoms with E-state index >= 15 is 0 Å². The third-order valence-corrected chi connectivity index (χ3v) is 2.88. The third kappa shape index (κ3) is 3.14. The molecule has 0 radical (unpaired) electrons. The van der Waals surface area contributed by atoms with E-state index < -0.39 is 0 Å². The van der Waals surface area contributed by atoms with Crippen LogP contribution in [0.15, 0.2) is 48.8 Å². The molecule has 0 fully saturated rings. The number of benzene rings is 1. The van der Waals surface area contributed by atoms with E-state index in [9.17, 15) is 4.79 Å². The first kappa shape index (κ1) is 11.8. The van der Waals surface area contributed by atoms with Crippen LogP contribution in [-0.4, -0.2) is 11.3 Å². The lowest BCUT2D eigenvalue weighted by atomic mass is 9.94. The molecule has 0 bridgehead atoms. The van der Waals surface area contributed by atoms with Crippen molar-refractivity contribution in [3.8, 4) is 0 Å². The van der Waals surface area contributed by atoms with Crippen LogP contribution in [0.1, 0.15) is 17.0 Å². The van der Waals surface area contributed by atoms with Crippen LogP contribution in [0.25, 0.3) is 0 Å². The zero-order valence-electron chi connectivity index (χ0n) is 9.21. The van der Waals surface area contributed by atoms with Gasteiger partial charge in [0.1, 0.15) is 6.29 Å². The van der Waals surface area contributed by atoms with Gasteiger partial charge in [-0.2, -0.15) is 0 Å². The number of nitrogens with zero attached hydrogens (tertiary/aromatic N) is 1. The van der Waals surface area contributed by atoms with Crippen molar-refractivity contribution in [3.63, 3.8) is 0 Å². The number of carbonyl (C=O) groups is 1. The fourth-order valence-corrected chi connectivity index (χ4v) is 1.95. The second-order valence-electron chi connectivity index (χ2n) is 3.86. The van der Waals surface area contributed by atoms with Crippen molar-refractivity contribution in [1.82, 2.24) is 4.98 Å². The van der Waals surface area contributed by atoms with Gasteiger partial charge in [-0.15, -0.1) is 0 Å². The van der Waals surface area contributed by atoms with E-state index in [2.05, 4.69) is 4.98 Å². The Labute approximate surface area is 105 Å². The summed E-state index contributed by atoms with van der Waals surface area (Å²) in [4.78, 5) is 15.1. The van der Waals surface area contributed by atoms with Crippen LogP contribution in [0.3, 0.4) is 0 Å². The third-order valence-electron chi connectivity index (χ3n) is 2.65. The molecule has 0 aliphatic rings. The minimum Gasteiger partial charge on any atom is -0.303 e. The standard InChI is InChI=1S/C14H12ClNO/c15-14-3-1-2-12(9-14)13(10-17)8-11-4-6-16-7-5-11/h1-7,9-10,13H,8H2. The monoisotopic (exact) mass is 245 g/mol. The highest BCUT2D eigenvalue weighted by Gasteiger charge is 2.11. The fraction of sp³-hybridized carbons (Fsp3) is 0.143. The highest BCUT2D eigenvalue weighted by molar-refractivity contribution is 6.30. The topological polar surface area (TPSA) is 30.0 Å². The molecule has 0 spiro atoms. The lowest BCUT2D eigenvalue weighted by molar-refractivity contribution is -0.109. The molecule has 0 amide bonds. The summed E-state index contributed by atoms with van der Waals surface area (Å²) in [6, 6.07) is 11.3. The maximum Gasteiger partial charge on any atom is 0.127 e. The average molecular weight is 246 g/mol. The fourth-order valence-electron chi connectivity index (χ4n) is 1.75. The molecule has 1 unspecified atom stereocenters. The predicted molar refractivity (Wildman–Crippen MR) is 68.2 cm³/mol. The Kier molecular flexibility index (Phi) is 3.89. The van der Waals surface area contributed by atoms with Gasteiger partial charge in [0.05, 0.1) is 0 Å². The van der Waals surface area contributed by atoms with Crippen LogP contribution in [0, 0.1) is 0 Å². The maximum absolute atomic E-state index is 11.2. The van der Waals surface area contributed by atoms with Gasteiger partial charge >= 0.3 is 0 Å². The number of aromatic nitrogens is 1. The Bertz CT molecular complexity index is 499.